The molecule has 1 fully saturated rings. The van der Waals surface area contributed by atoms with E-state index in [9.17, 15) is 26.4 Å². The van der Waals surface area contributed by atoms with Crippen LogP contribution in [0.15, 0.2) is 45.8 Å². The lowest BCUT2D eigenvalue weighted by Gasteiger charge is -2.19. The molecule has 0 radical (unpaired) electrons. The van der Waals surface area contributed by atoms with Crippen LogP contribution in [0.2, 0.25) is 0 Å². The number of nitrogens with one attached hydrogen (secondary N) is 1. The summed E-state index contributed by atoms with van der Waals surface area (Å²) < 4.78 is 69.0. The van der Waals surface area contributed by atoms with Gasteiger partial charge in [-0.15, -0.1) is 13.2 Å². The summed E-state index contributed by atoms with van der Waals surface area (Å²) >= 11 is 3.27. The van der Waals surface area contributed by atoms with Crippen molar-refractivity contribution in [2.24, 2.45) is 5.92 Å². The maximum Gasteiger partial charge on any atom is 0.573 e. The summed E-state index contributed by atoms with van der Waals surface area (Å²) in [6, 6.07) is 7.50. The number of alkyl halides is 3. The Morgan fingerprint density at radius 1 is 1.17 bits per heavy atom. The van der Waals surface area contributed by atoms with Gasteiger partial charge < -0.3 is 9.64 Å². The Labute approximate surface area is 179 Å². The number of fused-ring (bicyclic) bond motifs is 1. The highest BCUT2D eigenvalue weighted by molar-refractivity contribution is 9.10. The van der Waals surface area contributed by atoms with E-state index in [1.54, 1.807) is 11.0 Å². The Balaban J connectivity index is 1.58. The average molecular weight is 505 g/mol. The molecule has 11 heteroatoms. The number of anilines is 2. The zero-order valence-corrected chi connectivity index (χ0v) is 17.8. The number of nitrogens with zero attached hydrogens (tertiary/aromatic N) is 1. The van der Waals surface area contributed by atoms with Crippen LogP contribution < -0.4 is 14.4 Å². The third-order valence-corrected chi connectivity index (χ3v) is 7.19. The van der Waals surface area contributed by atoms with Gasteiger partial charge in [0.15, 0.2) is 0 Å². The predicted octanol–water partition coefficient (Wildman–Crippen LogP) is 4.45. The zero-order chi connectivity index (χ0) is 21.7. The first-order valence-corrected chi connectivity index (χ1v) is 11.3. The number of rotatable bonds is 5. The van der Waals surface area contributed by atoms with E-state index in [-0.39, 0.29) is 22.4 Å². The van der Waals surface area contributed by atoms with Crippen molar-refractivity contribution in [3.63, 3.8) is 0 Å². The van der Waals surface area contributed by atoms with Crippen LogP contribution in [0.25, 0.3) is 0 Å². The quantitative estimate of drug-likeness (QED) is 0.652. The standard InChI is InChI=1S/C19H16BrF3N2O4S/c20-15-9-12-7-8-25(18(26)11-1-2-11)16(12)10-17(15)30(27,28)24-13-3-5-14(6-4-13)29-19(21,22)23/h3-6,9-11,24H,1-2,7-8H2. The topological polar surface area (TPSA) is 75.7 Å². The van der Waals surface area contributed by atoms with Gasteiger partial charge in [0.1, 0.15) is 10.6 Å². The van der Waals surface area contributed by atoms with E-state index in [1.807, 2.05) is 0 Å². The smallest absolute Gasteiger partial charge is 0.406 e. The minimum Gasteiger partial charge on any atom is -0.406 e. The predicted molar refractivity (Wildman–Crippen MR) is 107 cm³/mol. The summed E-state index contributed by atoms with van der Waals surface area (Å²) in [6.07, 6.45) is -2.50. The highest BCUT2D eigenvalue weighted by atomic mass is 79.9. The number of carbonyl (C=O) groups is 1. The molecular formula is C19H16BrF3N2O4S. The Morgan fingerprint density at radius 3 is 2.43 bits per heavy atom. The molecule has 2 aliphatic rings. The van der Waals surface area contributed by atoms with Crippen LogP contribution in [0.1, 0.15) is 18.4 Å². The summed E-state index contributed by atoms with van der Waals surface area (Å²) in [5.74, 6) is -0.443. The van der Waals surface area contributed by atoms with Crippen LogP contribution in [0.3, 0.4) is 0 Å². The van der Waals surface area contributed by atoms with Gasteiger partial charge >= 0.3 is 6.36 Å². The maximum absolute atomic E-state index is 12.9. The number of carbonyl (C=O) groups excluding carboxylic acids is 1. The van der Waals surface area contributed by atoms with Crippen molar-refractivity contribution in [2.75, 3.05) is 16.2 Å². The molecule has 6 nitrogen and oxygen atoms in total. The van der Waals surface area contributed by atoms with E-state index in [4.69, 9.17) is 0 Å². The van der Waals surface area contributed by atoms with Gasteiger partial charge in [0.2, 0.25) is 5.91 Å². The third-order valence-electron chi connectivity index (χ3n) is 4.85. The first-order chi connectivity index (χ1) is 14.0. The highest BCUT2D eigenvalue weighted by Crippen LogP contribution is 2.40. The van der Waals surface area contributed by atoms with Crippen molar-refractivity contribution in [2.45, 2.75) is 30.5 Å². The molecule has 0 saturated heterocycles. The van der Waals surface area contributed by atoms with Gasteiger partial charge in [-0.3, -0.25) is 9.52 Å². The van der Waals surface area contributed by atoms with Gasteiger partial charge in [-0.1, -0.05) is 0 Å². The fourth-order valence-electron chi connectivity index (χ4n) is 3.31. The number of ether oxygens (including phenoxy) is 1. The fourth-order valence-corrected chi connectivity index (χ4v) is 5.48. The molecule has 0 aromatic heterocycles. The molecule has 4 rings (SSSR count). The molecule has 1 saturated carbocycles. The average Bonchev–Trinajstić information content (AvgIpc) is 3.41. The third kappa shape index (κ3) is 4.41. The first kappa shape index (κ1) is 21.0. The number of hydrogen-bond donors (Lipinski definition) is 1. The SMILES string of the molecule is O=C(C1CC1)N1CCc2cc(Br)c(S(=O)(=O)Nc3ccc(OC(F)(F)F)cc3)cc21. The zero-order valence-electron chi connectivity index (χ0n) is 15.4. The number of benzene rings is 2. The summed E-state index contributed by atoms with van der Waals surface area (Å²) in [7, 11) is -4.07. The van der Waals surface area contributed by atoms with Crippen LogP contribution in [0.4, 0.5) is 24.5 Å². The molecule has 1 aliphatic heterocycles. The lowest BCUT2D eigenvalue weighted by molar-refractivity contribution is -0.274. The molecule has 1 heterocycles. The molecule has 0 bridgehead atoms. The lowest BCUT2D eigenvalue weighted by Crippen LogP contribution is -2.30. The van der Waals surface area contributed by atoms with E-state index in [0.717, 1.165) is 30.5 Å². The van der Waals surface area contributed by atoms with Crippen LogP contribution in [-0.2, 0) is 21.2 Å². The Hall–Kier alpha value is -2.27. The molecular weight excluding hydrogens is 489 g/mol. The molecule has 1 aliphatic carbocycles. The fraction of sp³-hybridized carbons (Fsp3) is 0.316. The summed E-state index contributed by atoms with van der Waals surface area (Å²) in [4.78, 5) is 14.1. The van der Waals surface area contributed by atoms with Crippen LogP contribution in [-0.4, -0.2) is 27.2 Å². The van der Waals surface area contributed by atoms with E-state index in [0.29, 0.717) is 23.1 Å². The first-order valence-electron chi connectivity index (χ1n) is 9.06. The monoisotopic (exact) mass is 504 g/mol. The molecule has 2 aromatic rings. The Kier molecular flexibility index (Phi) is 5.21. The molecule has 0 atom stereocenters. The van der Waals surface area contributed by atoms with Crippen LogP contribution in [0.5, 0.6) is 5.75 Å². The van der Waals surface area contributed by atoms with Gasteiger partial charge in [0.05, 0.1) is 0 Å². The molecule has 1 N–H and O–H groups in total. The van der Waals surface area contributed by atoms with Crippen molar-refractivity contribution in [1.82, 2.24) is 0 Å². The number of halogens is 4. The normalized spacial score (nSPS) is 16.3. The summed E-state index contributed by atoms with van der Waals surface area (Å²) in [6.45, 7) is 0.509. The van der Waals surface area contributed by atoms with E-state index >= 15 is 0 Å². The highest BCUT2D eigenvalue weighted by Gasteiger charge is 2.37. The molecule has 2 aromatic carbocycles. The van der Waals surface area contributed by atoms with Crippen LogP contribution in [0, 0.1) is 5.92 Å². The second-order valence-corrected chi connectivity index (χ2v) is 9.61. The Bertz CT molecular complexity index is 1100. The van der Waals surface area contributed by atoms with Crippen LogP contribution >= 0.6 is 15.9 Å². The lowest BCUT2D eigenvalue weighted by atomic mass is 10.2. The minimum absolute atomic E-state index is 0.00707. The Morgan fingerprint density at radius 2 is 1.83 bits per heavy atom. The molecule has 30 heavy (non-hydrogen) atoms. The van der Waals surface area contributed by atoms with Gasteiger partial charge in [0.25, 0.3) is 10.0 Å². The van der Waals surface area contributed by atoms with Gasteiger partial charge in [0, 0.05) is 28.3 Å². The molecule has 0 unspecified atom stereocenters. The van der Waals surface area contributed by atoms with Gasteiger partial charge in [-0.05, 0) is 77.2 Å². The maximum atomic E-state index is 12.9. The second kappa shape index (κ2) is 7.45. The number of sulfonamides is 1. The molecule has 1 amide bonds. The van der Waals surface area contributed by atoms with Crippen molar-refractivity contribution in [1.29, 1.82) is 0 Å². The molecule has 0 spiro atoms. The van der Waals surface area contributed by atoms with E-state index in [1.165, 1.54) is 18.2 Å². The van der Waals surface area contributed by atoms with Gasteiger partial charge in [-0.2, -0.15) is 0 Å². The number of amides is 1. The summed E-state index contributed by atoms with van der Waals surface area (Å²) in [5.41, 5.74) is 1.52. The van der Waals surface area contributed by atoms with E-state index in [2.05, 4.69) is 25.4 Å². The largest absolute Gasteiger partial charge is 0.573 e. The van der Waals surface area contributed by atoms with Crippen molar-refractivity contribution in [3.05, 3.63) is 46.4 Å². The van der Waals surface area contributed by atoms with Crippen molar-refractivity contribution in [3.8, 4) is 5.75 Å². The summed E-state index contributed by atoms with van der Waals surface area (Å²) in [5, 5.41) is 0. The van der Waals surface area contributed by atoms with Crippen molar-refractivity contribution >= 4 is 43.2 Å². The number of hydrogen-bond acceptors (Lipinski definition) is 4. The second-order valence-electron chi connectivity index (χ2n) is 7.10. The minimum atomic E-state index is -4.83. The van der Waals surface area contributed by atoms with E-state index < -0.39 is 22.1 Å². The molecule has 160 valence electrons. The van der Waals surface area contributed by atoms with Gasteiger partial charge in [-0.25, -0.2) is 8.42 Å². The van der Waals surface area contributed by atoms with Crippen molar-refractivity contribution < 1.29 is 31.1 Å².